The highest BCUT2D eigenvalue weighted by Gasteiger charge is 2.50. The second kappa shape index (κ2) is 8.79. The fourth-order valence-corrected chi connectivity index (χ4v) is 5.24. The summed E-state index contributed by atoms with van der Waals surface area (Å²) in [5.74, 6) is -5.51. The Morgan fingerprint density at radius 1 is 1.06 bits per heavy atom. The number of rotatable bonds is 5. The summed E-state index contributed by atoms with van der Waals surface area (Å²) < 4.78 is 33.0. The monoisotopic (exact) mass is 482 g/mol. The summed E-state index contributed by atoms with van der Waals surface area (Å²) in [6.07, 6.45) is 0.481. The second-order valence-corrected chi connectivity index (χ2v) is 9.18. The van der Waals surface area contributed by atoms with E-state index in [0.29, 0.717) is 11.3 Å². The number of carboxylic acids is 1. The fraction of sp³-hybridized carbons (Fsp3) is 0.346. The van der Waals surface area contributed by atoms with Crippen molar-refractivity contribution in [3.8, 4) is 11.1 Å². The fourth-order valence-electron chi connectivity index (χ4n) is 5.24. The highest BCUT2D eigenvalue weighted by atomic mass is 19.3. The van der Waals surface area contributed by atoms with E-state index in [0.717, 1.165) is 22.3 Å². The third kappa shape index (κ3) is 4.38. The maximum atomic E-state index is 13.7. The van der Waals surface area contributed by atoms with E-state index in [2.05, 4.69) is 5.32 Å². The van der Waals surface area contributed by atoms with Gasteiger partial charge in [0.1, 0.15) is 12.6 Å². The first-order valence-electron chi connectivity index (χ1n) is 11.5. The van der Waals surface area contributed by atoms with Gasteiger partial charge in [-0.2, -0.15) is 0 Å². The molecule has 0 saturated carbocycles. The van der Waals surface area contributed by atoms with Gasteiger partial charge in [-0.1, -0.05) is 54.6 Å². The van der Waals surface area contributed by atoms with E-state index in [1.54, 1.807) is 6.08 Å². The second-order valence-electron chi connectivity index (χ2n) is 9.18. The summed E-state index contributed by atoms with van der Waals surface area (Å²) in [6, 6.07) is 14.0. The largest absolute Gasteiger partial charge is 0.480 e. The molecule has 1 aliphatic heterocycles. The number of hydrogen-bond acceptors (Lipinski definition) is 4. The minimum absolute atomic E-state index is 0.0863. The lowest BCUT2D eigenvalue weighted by molar-refractivity contribution is -0.146. The first-order valence-corrected chi connectivity index (χ1v) is 11.5. The Morgan fingerprint density at radius 3 is 2.31 bits per heavy atom. The quantitative estimate of drug-likeness (QED) is 0.673. The van der Waals surface area contributed by atoms with Gasteiger partial charge >= 0.3 is 12.1 Å². The number of halogens is 2. The lowest BCUT2D eigenvalue weighted by atomic mass is 9.98. The molecule has 0 bridgehead atoms. The van der Waals surface area contributed by atoms with Crippen LogP contribution in [0.3, 0.4) is 0 Å². The molecular formula is C26H24F2N2O5. The first-order chi connectivity index (χ1) is 16.7. The number of alkyl carbamates (subject to hydrolysis) is 1. The maximum absolute atomic E-state index is 13.7. The van der Waals surface area contributed by atoms with E-state index < -0.39 is 48.9 Å². The average Bonchev–Trinajstić information content (AvgIpc) is 3.51. The lowest BCUT2D eigenvalue weighted by Crippen LogP contribution is -2.42. The molecule has 9 heteroatoms. The number of carbonyl (C=O) groups is 3. The van der Waals surface area contributed by atoms with Crippen molar-refractivity contribution < 1.29 is 33.0 Å². The number of fused-ring (bicyclic) bond motifs is 3. The predicted octanol–water partition coefficient (Wildman–Crippen LogP) is 3.93. The van der Waals surface area contributed by atoms with Gasteiger partial charge in [-0.15, -0.1) is 0 Å². The minimum Gasteiger partial charge on any atom is -0.480 e. The van der Waals surface area contributed by atoms with E-state index in [1.165, 1.54) is 0 Å². The van der Waals surface area contributed by atoms with E-state index in [4.69, 9.17) is 4.74 Å². The topological polar surface area (TPSA) is 95.9 Å². The van der Waals surface area contributed by atoms with Crippen LogP contribution in [0.1, 0.15) is 36.3 Å². The lowest BCUT2D eigenvalue weighted by Gasteiger charge is -2.22. The number of nitrogens with zero attached hydrogens (tertiary/aromatic N) is 1. The van der Waals surface area contributed by atoms with Crippen LogP contribution in [0.15, 0.2) is 60.2 Å². The van der Waals surface area contributed by atoms with Gasteiger partial charge in [0.2, 0.25) is 5.91 Å². The number of nitrogens with one attached hydrogen (secondary N) is 1. The Labute approximate surface area is 200 Å². The number of benzene rings is 2. The van der Waals surface area contributed by atoms with Gasteiger partial charge in [0.25, 0.3) is 5.92 Å². The van der Waals surface area contributed by atoms with Crippen molar-refractivity contribution in [1.29, 1.82) is 0 Å². The Balaban J connectivity index is 1.17. The molecule has 1 heterocycles. The first kappa shape index (κ1) is 23.0. The Morgan fingerprint density at radius 2 is 1.69 bits per heavy atom. The summed E-state index contributed by atoms with van der Waals surface area (Å²) in [5, 5.41) is 12.0. The number of likely N-dealkylation sites (tertiary alicyclic amines) is 1. The third-order valence-electron chi connectivity index (χ3n) is 6.87. The van der Waals surface area contributed by atoms with Gasteiger partial charge in [-0.3, -0.25) is 4.79 Å². The van der Waals surface area contributed by atoms with Crippen LogP contribution in [0, 0.1) is 0 Å². The zero-order chi connectivity index (χ0) is 24.7. The number of alkyl halides is 2. The van der Waals surface area contributed by atoms with Crippen LogP contribution in [0.5, 0.6) is 0 Å². The number of hydrogen-bond donors (Lipinski definition) is 2. The van der Waals surface area contributed by atoms with Crippen molar-refractivity contribution in [2.45, 2.75) is 43.2 Å². The normalized spacial score (nSPS) is 22.3. The van der Waals surface area contributed by atoms with E-state index in [1.807, 2.05) is 48.5 Å². The molecule has 1 fully saturated rings. The molecule has 0 radical (unpaired) electrons. The van der Waals surface area contributed by atoms with Crippen molar-refractivity contribution in [2.75, 3.05) is 13.2 Å². The number of carbonyl (C=O) groups excluding carboxylic acids is 2. The molecule has 0 aromatic heterocycles. The third-order valence-corrected chi connectivity index (χ3v) is 6.87. The molecule has 2 aromatic carbocycles. The maximum Gasteiger partial charge on any atom is 0.407 e. The zero-order valence-corrected chi connectivity index (χ0v) is 18.7. The van der Waals surface area contributed by atoms with Crippen LogP contribution in [-0.2, 0) is 14.3 Å². The van der Waals surface area contributed by atoms with Crippen LogP contribution in [-0.4, -0.2) is 59.1 Å². The molecule has 35 heavy (non-hydrogen) atoms. The Bertz CT molecular complexity index is 1180. The number of carboxylic acid groups (broad SMARTS) is 1. The van der Waals surface area contributed by atoms with E-state index in [-0.39, 0.29) is 24.5 Å². The van der Waals surface area contributed by atoms with Gasteiger partial charge in [-0.25, -0.2) is 18.4 Å². The standard InChI is InChI=1S/C26H24F2N2O5/c27-26(28)12-22(24(32)33)30(14-26)23(31)15-9-10-16(11-15)29-25(34)35-13-21-19-7-3-1-5-17(19)18-6-2-4-8-20(18)21/h1-9,16,21-22H,10-14H2,(H,29,34)(H,32,33)/t16?,22-/m0/s1. The number of amides is 2. The molecule has 3 aliphatic rings. The van der Waals surface area contributed by atoms with Gasteiger partial charge in [0, 0.05) is 24.0 Å². The molecule has 5 rings (SSSR count). The van der Waals surface area contributed by atoms with Crippen molar-refractivity contribution in [3.05, 3.63) is 71.3 Å². The zero-order valence-electron chi connectivity index (χ0n) is 18.7. The molecule has 2 N–H and O–H groups in total. The summed E-state index contributed by atoms with van der Waals surface area (Å²) in [4.78, 5) is 37.3. The van der Waals surface area contributed by atoms with Crippen LogP contribution < -0.4 is 5.32 Å². The average molecular weight is 482 g/mol. The summed E-state index contributed by atoms with van der Waals surface area (Å²) in [5.41, 5.74) is 4.64. The molecule has 7 nitrogen and oxygen atoms in total. The number of aliphatic carboxylic acids is 1. The number of ether oxygens (including phenoxy) is 1. The highest BCUT2D eigenvalue weighted by Crippen LogP contribution is 2.44. The van der Waals surface area contributed by atoms with Gasteiger partial charge in [-0.05, 0) is 35.1 Å². The minimum atomic E-state index is -3.24. The van der Waals surface area contributed by atoms with Crippen molar-refractivity contribution in [2.24, 2.45) is 0 Å². The summed E-state index contributed by atoms with van der Waals surface area (Å²) in [6.45, 7) is -0.778. The molecule has 1 unspecified atom stereocenters. The molecule has 2 aliphatic carbocycles. The van der Waals surface area contributed by atoms with Crippen LogP contribution in [0.4, 0.5) is 13.6 Å². The molecule has 2 atom stereocenters. The highest BCUT2D eigenvalue weighted by molar-refractivity contribution is 5.97. The Hall–Kier alpha value is -3.75. The molecular weight excluding hydrogens is 458 g/mol. The summed E-state index contributed by atoms with van der Waals surface area (Å²) >= 11 is 0. The molecule has 182 valence electrons. The smallest absolute Gasteiger partial charge is 0.407 e. The molecule has 1 saturated heterocycles. The van der Waals surface area contributed by atoms with Crippen LogP contribution >= 0.6 is 0 Å². The predicted molar refractivity (Wildman–Crippen MR) is 122 cm³/mol. The van der Waals surface area contributed by atoms with E-state index in [9.17, 15) is 28.3 Å². The summed E-state index contributed by atoms with van der Waals surface area (Å²) in [7, 11) is 0. The molecule has 0 spiro atoms. The van der Waals surface area contributed by atoms with Gasteiger partial charge in [0.15, 0.2) is 0 Å². The molecule has 2 amide bonds. The van der Waals surface area contributed by atoms with Crippen molar-refractivity contribution in [3.63, 3.8) is 0 Å². The Kier molecular flexibility index (Phi) is 5.78. The van der Waals surface area contributed by atoms with Crippen LogP contribution in [0.25, 0.3) is 11.1 Å². The van der Waals surface area contributed by atoms with Gasteiger partial charge < -0.3 is 20.1 Å². The van der Waals surface area contributed by atoms with Crippen LogP contribution in [0.2, 0.25) is 0 Å². The van der Waals surface area contributed by atoms with E-state index >= 15 is 0 Å². The van der Waals surface area contributed by atoms with Crippen molar-refractivity contribution >= 4 is 18.0 Å². The SMILES string of the molecule is O=C(NC1CC=C(C(=O)N2CC(F)(F)C[C@H]2C(=O)O)C1)OCC1c2ccccc2-c2ccccc21. The van der Waals surface area contributed by atoms with Crippen molar-refractivity contribution in [1.82, 2.24) is 10.2 Å². The van der Waals surface area contributed by atoms with Gasteiger partial charge in [0.05, 0.1) is 6.54 Å². The molecule has 2 aromatic rings.